The fraction of sp³-hybridized carbons (Fsp3) is 0.667. The van der Waals surface area contributed by atoms with Gasteiger partial charge in [-0.1, -0.05) is 0 Å². The lowest BCUT2D eigenvalue weighted by Gasteiger charge is -2.26. The van der Waals surface area contributed by atoms with Gasteiger partial charge in [0, 0.05) is 26.3 Å². The number of halogens is 1. The Morgan fingerprint density at radius 2 is 2.28 bits per heavy atom. The Morgan fingerprint density at radius 3 is 2.94 bits per heavy atom. The van der Waals surface area contributed by atoms with E-state index in [1.807, 2.05) is 19.0 Å². The number of amides is 1. The maximum absolute atomic E-state index is 12.2. The minimum absolute atomic E-state index is 0. The van der Waals surface area contributed by atoms with Crippen molar-refractivity contribution in [3.05, 3.63) is 18.0 Å². The van der Waals surface area contributed by atoms with Crippen LogP contribution in [0.2, 0.25) is 0 Å². The van der Waals surface area contributed by atoms with Gasteiger partial charge in [-0.15, -0.1) is 12.4 Å². The fourth-order valence-electron chi connectivity index (χ4n) is 2.29. The zero-order valence-electron chi connectivity index (χ0n) is 10.9. The topological polar surface area (TPSA) is 50.2 Å². The van der Waals surface area contributed by atoms with Crippen molar-refractivity contribution in [1.29, 1.82) is 0 Å². The smallest absolute Gasteiger partial charge is 0.257 e. The fourth-order valence-corrected chi connectivity index (χ4v) is 2.29. The van der Waals surface area contributed by atoms with Gasteiger partial charge in [0.2, 0.25) is 0 Å². The molecule has 0 spiro atoms. The molecule has 5 nitrogen and oxygen atoms in total. The van der Waals surface area contributed by atoms with Gasteiger partial charge in [-0.25, -0.2) is 0 Å². The molecule has 0 aromatic carbocycles. The molecule has 1 aliphatic rings. The maximum atomic E-state index is 12.2. The molecule has 1 N–H and O–H groups in total. The average molecular weight is 273 g/mol. The Bertz CT molecular complexity index is 385. The summed E-state index contributed by atoms with van der Waals surface area (Å²) in [6.45, 7) is 2.06. The number of nitrogens with zero attached hydrogens (tertiary/aromatic N) is 3. The largest absolute Gasteiger partial charge is 0.339 e. The van der Waals surface area contributed by atoms with Gasteiger partial charge < -0.3 is 10.2 Å². The second-order valence-electron chi connectivity index (χ2n) is 4.65. The molecule has 1 fully saturated rings. The van der Waals surface area contributed by atoms with Crippen molar-refractivity contribution in [2.45, 2.75) is 25.3 Å². The van der Waals surface area contributed by atoms with Gasteiger partial charge in [0.1, 0.15) is 0 Å². The number of aryl methyl sites for hydroxylation is 1. The summed E-state index contributed by atoms with van der Waals surface area (Å²) in [7, 11) is 3.72. The Hall–Kier alpha value is -1.07. The van der Waals surface area contributed by atoms with Crippen LogP contribution in [0.25, 0.3) is 0 Å². The Balaban J connectivity index is 0.00000162. The van der Waals surface area contributed by atoms with Crippen molar-refractivity contribution < 1.29 is 4.79 Å². The number of carbonyl (C=O) groups excluding carboxylic acids is 1. The van der Waals surface area contributed by atoms with Crippen molar-refractivity contribution in [3.8, 4) is 0 Å². The van der Waals surface area contributed by atoms with E-state index in [2.05, 4.69) is 10.4 Å². The van der Waals surface area contributed by atoms with Gasteiger partial charge in [-0.3, -0.25) is 9.48 Å². The number of rotatable bonds is 2. The van der Waals surface area contributed by atoms with Crippen LogP contribution in [-0.2, 0) is 7.05 Å². The summed E-state index contributed by atoms with van der Waals surface area (Å²) in [6.07, 6.45) is 6.65. The van der Waals surface area contributed by atoms with Crippen molar-refractivity contribution in [3.63, 3.8) is 0 Å². The lowest BCUT2D eigenvalue weighted by molar-refractivity contribution is 0.0720. The number of nitrogens with one attached hydrogen (secondary N) is 1. The maximum Gasteiger partial charge on any atom is 0.257 e. The lowest BCUT2D eigenvalue weighted by atomic mass is 10.1. The van der Waals surface area contributed by atoms with Crippen LogP contribution in [0.5, 0.6) is 0 Å². The summed E-state index contributed by atoms with van der Waals surface area (Å²) in [4.78, 5) is 14.1. The molecule has 1 amide bonds. The molecule has 1 unspecified atom stereocenters. The highest BCUT2D eigenvalue weighted by Gasteiger charge is 2.22. The van der Waals surface area contributed by atoms with Gasteiger partial charge in [-0.05, 0) is 32.4 Å². The van der Waals surface area contributed by atoms with Gasteiger partial charge in [0.25, 0.3) is 5.91 Å². The summed E-state index contributed by atoms with van der Waals surface area (Å²) in [5.74, 6) is 0.0741. The summed E-state index contributed by atoms with van der Waals surface area (Å²) in [6, 6.07) is 0.345. The molecule has 0 aliphatic carbocycles. The van der Waals surface area contributed by atoms with Crippen LogP contribution >= 0.6 is 12.4 Å². The molecule has 1 aromatic rings. The molecule has 1 saturated heterocycles. The number of hydrogen-bond donors (Lipinski definition) is 1. The van der Waals surface area contributed by atoms with E-state index in [1.165, 1.54) is 0 Å². The van der Waals surface area contributed by atoms with E-state index in [4.69, 9.17) is 0 Å². The van der Waals surface area contributed by atoms with Crippen LogP contribution in [0.15, 0.2) is 12.4 Å². The number of aromatic nitrogens is 2. The quantitative estimate of drug-likeness (QED) is 0.876. The molecule has 18 heavy (non-hydrogen) atoms. The zero-order chi connectivity index (χ0) is 12.3. The van der Waals surface area contributed by atoms with Crippen LogP contribution < -0.4 is 5.32 Å². The first-order chi connectivity index (χ1) is 8.18. The first-order valence-electron chi connectivity index (χ1n) is 6.15. The van der Waals surface area contributed by atoms with E-state index in [9.17, 15) is 4.79 Å². The Labute approximate surface area is 114 Å². The molecular formula is C12H21ClN4O. The first-order valence-corrected chi connectivity index (χ1v) is 6.15. The highest BCUT2D eigenvalue weighted by Crippen LogP contribution is 2.14. The normalized spacial score (nSPS) is 19.8. The molecule has 1 aromatic heterocycles. The van der Waals surface area contributed by atoms with E-state index in [1.54, 1.807) is 17.1 Å². The third-order valence-electron chi connectivity index (χ3n) is 3.37. The third-order valence-corrected chi connectivity index (χ3v) is 3.37. The molecule has 102 valence electrons. The third kappa shape index (κ3) is 3.46. The summed E-state index contributed by atoms with van der Waals surface area (Å²) in [5, 5.41) is 7.40. The minimum atomic E-state index is 0. The SMILES string of the molecule is CN(C(=O)c1cnn(C)c1)C1CCCNCC1.Cl. The second-order valence-corrected chi connectivity index (χ2v) is 4.65. The highest BCUT2D eigenvalue weighted by molar-refractivity contribution is 5.93. The van der Waals surface area contributed by atoms with Crippen LogP contribution in [0, 0.1) is 0 Å². The van der Waals surface area contributed by atoms with Crippen molar-refractivity contribution in [2.24, 2.45) is 7.05 Å². The van der Waals surface area contributed by atoms with E-state index in [-0.39, 0.29) is 18.3 Å². The molecule has 0 bridgehead atoms. The van der Waals surface area contributed by atoms with Gasteiger partial charge in [0.05, 0.1) is 11.8 Å². The summed E-state index contributed by atoms with van der Waals surface area (Å²) < 4.78 is 1.66. The lowest BCUT2D eigenvalue weighted by Crippen LogP contribution is -2.37. The van der Waals surface area contributed by atoms with Gasteiger partial charge >= 0.3 is 0 Å². The minimum Gasteiger partial charge on any atom is -0.339 e. The van der Waals surface area contributed by atoms with E-state index >= 15 is 0 Å². The van der Waals surface area contributed by atoms with Gasteiger partial charge in [0.15, 0.2) is 0 Å². The molecule has 6 heteroatoms. The number of hydrogen-bond acceptors (Lipinski definition) is 3. The van der Waals surface area contributed by atoms with Gasteiger partial charge in [-0.2, -0.15) is 5.10 Å². The van der Waals surface area contributed by atoms with Crippen molar-refractivity contribution in [1.82, 2.24) is 20.0 Å². The first kappa shape index (κ1) is 15.0. The van der Waals surface area contributed by atoms with E-state index in [0.717, 1.165) is 32.4 Å². The molecule has 1 aliphatic heterocycles. The van der Waals surface area contributed by atoms with Crippen LogP contribution in [0.1, 0.15) is 29.6 Å². The average Bonchev–Trinajstić information content (AvgIpc) is 2.60. The molecule has 2 rings (SSSR count). The van der Waals surface area contributed by atoms with E-state index < -0.39 is 0 Å². The van der Waals surface area contributed by atoms with Crippen LogP contribution in [-0.4, -0.2) is 46.8 Å². The predicted molar refractivity (Wildman–Crippen MR) is 73.1 cm³/mol. The zero-order valence-corrected chi connectivity index (χ0v) is 11.7. The molecular weight excluding hydrogens is 252 g/mol. The predicted octanol–water partition coefficient (Wildman–Crippen LogP) is 1.06. The van der Waals surface area contributed by atoms with E-state index in [0.29, 0.717) is 11.6 Å². The Kier molecular flexibility index (Phi) is 5.62. The van der Waals surface area contributed by atoms with Crippen LogP contribution in [0.4, 0.5) is 0 Å². The Morgan fingerprint density at radius 1 is 1.50 bits per heavy atom. The molecule has 1 atom stereocenters. The molecule has 0 radical (unpaired) electrons. The standard InChI is InChI=1S/C12H20N4O.ClH/c1-15-9-10(8-14-15)12(17)16(2)11-4-3-6-13-7-5-11;/h8-9,11,13H,3-7H2,1-2H3;1H. The molecule has 0 saturated carbocycles. The van der Waals surface area contributed by atoms with Crippen molar-refractivity contribution >= 4 is 18.3 Å². The molecule has 2 heterocycles. The number of carbonyl (C=O) groups is 1. The second kappa shape index (κ2) is 6.75. The van der Waals surface area contributed by atoms with Crippen molar-refractivity contribution in [2.75, 3.05) is 20.1 Å². The van der Waals surface area contributed by atoms with Crippen LogP contribution in [0.3, 0.4) is 0 Å². The monoisotopic (exact) mass is 272 g/mol. The highest BCUT2D eigenvalue weighted by atomic mass is 35.5. The summed E-state index contributed by atoms with van der Waals surface area (Å²) >= 11 is 0. The summed E-state index contributed by atoms with van der Waals surface area (Å²) in [5.41, 5.74) is 0.673.